The summed E-state index contributed by atoms with van der Waals surface area (Å²) < 4.78 is 0. The van der Waals surface area contributed by atoms with Crippen molar-refractivity contribution < 1.29 is 39.9 Å². The third-order valence-electron chi connectivity index (χ3n) is 7.28. The molecule has 3 aliphatic rings. The lowest BCUT2D eigenvalue weighted by Crippen LogP contribution is -2.76. The number of rotatable bonds is 3. The van der Waals surface area contributed by atoms with E-state index in [1.807, 2.05) is 0 Å². The van der Waals surface area contributed by atoms with Gasteiger partial charge in [-0.3, -0.25) is 14.4 Å². The monoisotopic (exact) mass is 477 g/mol. The molecule has 1 aromatic rings. The van der Waals surface area contributed by atoms with Gasteiger partial charge < -0.3 is 41.5 Å². The van der Waals surface area contributed by atoms with Gasteiger partial charge >= 0.3 is 0 Å². The second-order valence-corrected chi connectivity index (χ2v) is 9.09. The molecule has 0 heterocycles. The van der Waals surface area contributed by atoms with Crippen LogP contribution in [0.2, 0.25) is 0 Å². The molecule has 0 bridgehead atoms. The Kier molecular flexibility index (Phi) is 6.29. The average Bonchev–Trinajstić information content (AvgIpc) is 2.73. The Bertz CT molecular complexity index is 1100. The molecule has 7 atom stereocenters. The van der Waals surface area contributed by atoms with Crippen LogP contribution in [-0.4, -0.2) is 88.0 Å². The third kappa shape index (κ3) is 3.08. The summed E-state index contributed by atoms with van der Waals surface area (Å²) in [5.41, 5.74) is 3.02. The van der Waals surface area contributed by atoms with Gasteiger partial charge in [0.25, 0.3) is 0 Å². The molecule has 0 spiro atoms. The molecule has 0 aromatic heterocycles. The number of phenols is 1. The van der Waals surface area contributed by atoms with Crippen LogP contribution >= 0.6 is 0 Å². The van der Waals surface area contributed by atoms with Crippen LogP contribution in [0.25, 0.3) is 5.76 Å². The predicted octanol–water partition coefficient (Wildman–Crippen LogP) is -1.54. The van der Waals surface area contributed by atoms with Crippen LogP contribution in [0.4, 0.5) is 5.69 Å². The first kappa shape index (κ1) is 25.6. The molecule has 1 aromatic carbocycles. The highest BCUT2D eigenvalue weighted by Gasteiger charge is 2.69. The molecule has 11 heteroatoms. The van der Waals surface area contributed by atoms with E-state index in [-0.39, 0.29) is 25.2 Å². The zero-order valence-electron chi connectivity index (χ0n) is 18.3. The third-order valence-corrected chi connectivity index (χ3v) is 7.28. The van der Waals surface area contributed by atoms with Crippen LogP contribution < -0.4 is 16.0 Å². The zero-order chi connectivity index (χ0) is 24.6. The number of likely N-dealkylation sites (N-methyl/N-ethyl adjacent to an activating group) is 1. The van der Waals surface area contributed by atoms with E-state index in [1.54, 1.807) is 25.1 Å². The van der Waals surface area contributed by atoms with Gasteiger partial charge in [-0.15, -0.1) is 0 Å². The van der Waals surface area contributed by atoms with Gasteiger partial charge in [0.15, 0.2) is 11.4 Å². The Hall–Kier alpha value is -2.99. The summed E-state index contributed by atoms with van der Waals surface area (Å²) in [6.45, 7) is 0. The number of aliphatic hydroxyl groups is 4. The molecule has 3 aliphatic carbocycles. The van der Waals surface area contributed by atoms with Crippen molar-refractivity contribution in [1.82, 2.24) is 5.32 Å². The molecule has 0 radical (unpaired) electrons. The second-order valence-electron chi connectivity index (χ2n) is 9.09. The zero-order valence-corrected chi connectivity index (χ0v) is 18.3. The van der Waals surface area contributed by atoms with Gasteiger partial charge in [-0.2, -0.15) is 0 Å². The van der Waals surface area contributed by atoms with Crippen LogP contribution in [-0.2, 0) is 20.8 Å². The number of ketones is 2. The molecule has 186 valence electrons. The fourth-order valence-electron chi connectivity index (χ4n) is 5.78. The smallest absolute Gasteiger partial charge is 0.230 e. The molecular formula is C23H31N3O8. The molecular weight excluding hydrogens is 446 g/mol. The molecule has 0 aliphatic heterocycles. The Morgan fingerprint density at radius 2 is 1.79 bits per heavy atom. The van der Waals surface area contributed by atoms with Crippen LogP contribution in [0.1, 0.15) is 18.6 Å². The fraction of sp³-hybridized carbons (Fsp3) is 0.522. The van der Waals surface area contributed by atoms with Gasteiger partial charge in [0.05, 0.1) is 17.8 Å². The normalized spacial score (nSPS) is 34.5. The minimum absolute atomic E-state index is 0. The van der Waals surface area contributed by atoms with Crippen LogP contribution in [0.15, 0.2) is 17.7 Å². The number of nitrogens with one attached hydrogen (secondary N) is 1. The lowest BCUT2D eigenvalue weighted by atomic mass is 9.53. The molecule has 7 unspecified atom stereocenters. The van der Waals surface area contributed by atoms with E-state index in [1.165, 1.54) is 13.1 Å². The van der Waals surface area contributed by atoms with Crippen molar-refractivity contribution in [2.24, 2.45) is 23.5 Å². The molecule has 1 amide bonds. The van der Waals surface area contributed by atoms with E-state index in [9.17, 15) is 39.9 Å². The summed E-state index contributed by atoms with van der Waals surface area (Å²) >= 11 is 0. The summed E-state index contributed by atoms with van der Waals surface area (Å²) in [5.74, 6) is -9.19. The number of carbonyl (C=O) groups excluding carboxylic acids is 3. The van der Waals surface area contributed by atoms with E-state index < -0.39 is 70.4 Å². The number of nitrogens with zero attached hydrogens (tertiary/aromatic N) is 1. The fourth-order valence-corrected chi connectivity index (χ4v) is 5.78. The summed E-state index contributed by atoms with van der Waals surface area (Å²) in [6.07, 6.45) is -3.25. The predicted molar refractivity (Wildman–Crippen MR) is 122 cm³/mol. The van der Waals surface area contributed by atoms with Crippen LogP contribution in [0, 0.1) is 17.8 Å². The number of primary amides is 1. The number of fused-ring (bicyclic) bond motifs is 3. The van der Waals surface area contributed by atoms with Gasteiger partial charge in [0, 0.05) is 43.2 Å². The second kappa shape index (κ2) is 8.35. The Balaban J connectivity index is 0.00000324. The van der Waals surface area contributed by atoms with Crippen molar-refractivity contribution in [3.8, 4) is 5.75 Å². The van der Waals surface area contributed by atoms with E-state index in [2.05, 4.69) is 5.32 Å². The van der Waals surface area contributed by atoms with Crippen molar-refractivity contribution in [2.75, 3.05) is 26.0 Å². The number of hydrogen-bond acceptors (Lipinski definition) is 10. The molecule has 8 N–H and O–H groups in total. The minimum atomic E-state index is -2.92. The Morgan fingerprint density at radius 3 is 2.32 bits per heavy atom. The van der Waals surface area contributed by atoms with Gasteiger partial charge in [0.2, 0.25) is 11.7 Å². The minimum Gasteiger partial charge on any atom is -0.507 e. The summed E-state index contributed by atoms with van der Waals surface area (Å²) in [4.78, 5) is 40.4. The average molecular weight is 478 g/mol. The van der Waals surface area contributed by atoms with E-state index in [0.717, 1.165) is 0 Å². The summed E-state index contributed by atoms with van der Waals surface area (Å²) in [6, 6.07) is 1.74. The van der Waals surface area contributed by atoms with Crippen LogP contribution in [0.5, 0.6) is 5.75 Å². The number of carbonyl (C=O) groups is 3. The highest BCUT2D eigenvalue weighted by atomic mass is 16.3. The number of aliphatic hydroxyl groups excluding tert-OH is 3. The number of amides is 1. The van der Waals surface area contributed by atoms with E-state index >= 15 is 0 Å². The van der Waals surface area contributed by atoms with Gasteiger partial charge in [-0.05, 0) is 31.2 Å². The number of hydrogen-bond donors (Lipinski definition) is 7. The molecule has 2 saturated carbocycles. The molecule has 2 fully saturated rings. The lowest BCUT2D eigenvalue weighted by molar-refractivity contribution is -0.191. The van der Waals surface area contributed by atoms with Crippen molar-refractivity contribution in [2.45, 2.75) is 37.7 Å². The molecule has 34 heavy (non-hydrogen) atoms. The lowest BCUT2D eigenvalue weighted by Gasteiger charge is -2.54. The topological polar surface area (TPSA) is 194 Å². The number of Topliss-reactive ketones (excluding diaryl/α,β-unsaturated/α-hetero) is 2. The largest absolute Gasteiger partial charge is 0.507 e. The van der Waals surface area contributed by atoms with Crippen molar-refractivity contribution >= 4 is 28.9 Å². The molecule has 4 rings (SSSR count). The highest BCUT2D eigenvalue weighted by molar-refractivity contribution is 6.25. The maximum atomic E-state index is 13.6. The van der Waals surface area contributed by atoms with E-state index in [0.29, 0.717) is 11.3 Å². The number of phenolic OH excluding ortho intramolecular Hbond substituents is 1. The number of aromatic hydroxyl groups is 1. The van der Waals surface area contributed by atoms with Crippen molar-refractivity contribution in [3.05, 3.63) is 28.8 Å². The van der Waals surface area contributed by atoms with E-state index in [4.69, 9.17) is 5.73 Å². The quantitative estimate of drug-likeness (QED) is 0.251. The maximum absolute atomic E-state index is 13.6. The Morgan fingerprint density at radius 1 is 1.18 bits per heavy atom. The summed E-state index contributed by atoms with van der Waals surface area (Å²) in [5, 5.41) is 57.6. The first-order valence-corrected chi connectivity index (χ1v) is 10.5. The Labute approximate surface area is 196 Å². The van der Waals surface area contributed by atoms with Crippen LogP contribution in [0.3, 0.4) is 0 Å². The van der Waals surface area contributed by atoms with Gasteiger partial charge in [0.1, 0.15) is 17.4 Å². The number of benzene rings is 1. The number of nitrogens with two attached hydrogens (primary N) is 1. The van der Waals surface area contributed by atoms with Crippen molar-refractivity contribution in [3.63, 3.8) is 0 Å². The van der Waals surface area contributed by atoms with Gasteiger partial charge in [-0.25, -0.2) is 0 Å². The first-order valence-electron chi connectivity index (χ1n) is 10.5. The standard InChI is InChI=1S/C22H27N3O8.CH4/c1-24-15-14-16(27)8-6-7-9(25(2)3)4-5-10(26)11(7)17(28)12(8)19(30)22(14,33)20(31)13(18(15)29)21(23)32;/h4-5,8,13-16,18,24,26-29,33H,6H2,1-3H3,(H2,23,32);1H4. The molecule has 11 nitrogen and oxygen atoms in total. The SMILES string of the molecule is C.CNC1C(O)C(C(N)=O)C(=O)C2(O)C(=O)C3=C(O)c4c(O)ccc(N(C)C)c4CC3C(O)C12. The number of anilines is 1. The van der Waals surface area contributed by atoms with Crippen molar-refractivity contribution in [1.29, 1.82) is 0 Å². The first-order chi connectivity index (χ1) is 15.4. The summed E-state index contributed by atoms with van der Waals surface area (Å²) in [7, 11) is 4.89. The van der Waals surface area contributed by atoms with Gasteiger partial charge in [-0.1, -0.05) is 7.43 Å². The molecule has 0 saturated heterocycles. The maximum Gasteiger partial charge on any atom is 0.230 e. The highest BCUT2D eigenvalue weighted by Crippen LogP contribution is 2.52.